The first-order chi connectivity index (χ1) is 14.0. The number of halogens is 3. The van der Waals surface area contributed by atoms with Gasteiger partial charge in [-0.05, 0) is 48.5 Å². The second kappa shape index (κ2) is 8.29. The summed E-state index contributed by atoms with van der Waals surface area (Å²) in [7, 11) is 0. The maximum Gasteiger partial charge on any atom is 0.257 e. The highest BCUT2D eigenvalue weighted by Crippen LogP contribution is 2.30. The van der Waals surface area contributed by atoms with Crippen molar-refractivity contribution < 1.29 is 9.21 Å². The minimum atomic E-state index is -0.323. The molecule has 0 radical (unpaired) electrons. The number of anilines is 1. The van der Waals surface area contributed by atoms with Crippen LogP contribution >= 0.6 is 34.8 Å². The first-order valence-corrected chi connectivity index (χ1v) is 9.72. The molecule has 144 valence electrons. The standard InChI is InChI=1S/C22H13Cl3N2O2/c23-14-7-10-17(19(25)11-14)21(28)26-15-8-5-13(6-9-15)22-27-20(12-29-22)16-3-1-2-4-18(16)24/h1-12H,(H,26,28). The van der Waals surface area contributed by atoms with Crippen LogP contribution in [0.25, 0.3) is 22.7 Å². The molecule has 4 rings (SSSR count). The molecule has 1 heterocycles. The number of hydrogen-bond donors (Lipinski definition) is 1. The highest BCUT2D eigenvalue weighted by Gasteiger charge is 2.13. The molecule has 0 aliphatic heterocycles. The van der Waals surface area contributed by atoms with Crippen LogP contribution in [-0.2, 0) is 0 Å². The van der Waals surface area contributed by atoms with Gasteiger partial charge in [0.15, 0.2) is 0 Å². The predicted molar refractivity (Wildman–Crippen MR) is 117 cm³/mol. The lowest BCUT2D eigenvalue weighted by Gasteiger charge is -2.07. The average Bonchev–Trinajstić information content (AvgIpc) is 3.18. The van der Waals surface area contributed by atoms with Crippen molar-refractivity contribution >= 4 is 46.4 Å². The summed E-state index contributed by atoms with van der Waals surface area (Å²) in [6.45, 7) is 0. The highest BCUT2D eigenvalue weighted by molar-refractivity contribution is 6.37. The zero-order valence-corrected chi connectivity index (χ0v) is 17.1. The molecule has 0 aliphatic rings. The van der Waals surface area contributed by atoms with Crippen LogP contribution in [-0.4, -0.2) is 10.9 Å². The molecule has 1 amide bonds. The second-order valence-electron chi connectivity index (χ2n) is 6.17. The number of carbonyl (C=O) groups is 1. The summed E-state index contributed by atoms with van der Waals surface area (Å²) >= 11 is 18.2. The van der Waals surface area contributed by atoms with E-state index < -0.39 is 0 Å². The number of oxazole rings is 1. The molecular weight excluding hydrogens is 431 g/mol. The van der Waals surface area contributed by atoms with Gasteiger partial charge in [-0.25, -0.2) is 4.98 Å². The molecule has 0 unspecified atom stereocenters. The third kappa shape index (κ3) is 4.30. The lowest BCUT2D eigenvalue weighted by Crippen LogP contribution is -2.12. The van der Waals surface area contributed by atoms with Gasteiger partial charge in [0, 0.05) is 21.8 Å². The van der Waals surface area contributed by atoms with Gasteiger partial charge in [-0.1, -0.05) is 53.0 Å². The van der Waals surface area contributed by atoms with E-state index in [0.29, 0.717) is 37.9 Å². The van der Waals surface area contributed by atoms with Crippen molar-refractivity contribution in [3.05, 3.63) is 93.6 Å². The van der Waals surface area contributed by atoms with E-state index in [9.17, 15) is 4.79 Å². The maximum absolute atomic E-state index is 12.4. The fourth-order valence-electron chi connectivity index (χ4n) is 2.77. The van der Waals surface area contributed by atoms with Crippen molar-refractivity contribution in [2.75, 3.05) is 5.32 Å². The fourth-order valence-corrected chi connectivity index (χ4v) is 3.49. The summed E-state index contributed by atoms with van der Waals surface area (Å²) in [5.41, 5.74) is 3.18. The van der Waals surface area contributed by atoms with Gasteiger partial charge in [-0.15, -0.1) is 0 Å². The van der Waals surface area contributed by atoms with Crippen LogP contribution in [0.2, 0.25) is 15.1 Å². The summed E-state index contributed by atoms with van der Waals surface area (Å²) in [4.78, 5) is 16.9. The maximum atomic E-state index is 12.4. The molecule has 0 atom stereocenters. The van der Waals surface area contributed by atoms with Crippen LogP contribution in [0.1, 0.15) is 10.4 Å². The average molecular weight is 444 g/mol. The number of benzene rings is 3. The topological polar surface area (TPSA) is 55.1 Å². The van der Waals surface area contributed by atoms with Crippen LogP contribution in [0, 0.1) is 0 Å². The van der Waals surface area contributed by atoms with Gasteiger partial charge >= 0.3 is 0 Å². The molecule has 3 aromatic carbocycles. The van der Waals surface area contributed by atoms with Crippen molar-refractivity contribution in [1.29, 1.82) is 0 Å². The molecule has 0 bridgehead atoms. The van der Waals surface area contributed by atoms with E-state index in [1.165, 1.54) is 6.07 Å². The molecule has 0 saturated heterocycles. The van der Waals surface area contributed by atoms with Gasteiger partial charge in [0.2, 0.25) is 5.89 Å². The first kappa shape index (κ1) is 19.5. The van der Waals surface area contributed by atoms with Gasteiger partial charge in [0.1, 0.15) is 12.0 Å². The molecule has 0 fully saturated rings. The summed E-state index contributed by atoms with van der Waals surface area (Å²) in [5, 5.41) is 4.16. The first-order valence-electron chi connectivity index (χ1n) is 8.58. The second-order valence-corrected chi connectivity index (χ2v) is 7.42. The Hall–Kier alpha value is -2.79. The van der Waals surface area contributed by atoms with Crippen LogP contribution in [0.4, 0.5) is 5.69 Å². The van der Waals surface area contributed by atoms with Crippen LogP contribution in [0.5, 0.6) is 0 Å². The Morgan fingerprint density at radius 2 is 1.66 bits per heavy atom. The number of amides is 1. The van der Waals surface area contributed by atoms with Gasteiger partial charge in [0.25, 0.3) is 5.91 Å². The van der Waals surface area contributed by atoms with E-state index >= 15 is 0 Å². The molecule has 7 heteroatoms. The Morgan fingerprint density at radius 3 is 2.38 bits per heavy atom. The van der Waals surface area contributed by atoms with E-state index in [2.05, 4.69) is 10.3 Å². The van der Waals surface area contributed by atoms with E-state index in [1.807, 2.05) is 18.2 Å². The molecular formula is C22H13Cl3N2O2. The Balaban J connectivity index is 1.51. The lowest BCUT2D eigenvalue weighted by molar-refractivity contribution is 0.102. The third-order valence-electron chi connectivity index (χ3n) is 4.22. The van der Waals surface area contributed by atoms with Crippen LogP contribution < -0.4 is 5.32 Å². The SMILES string of the molecule is O=C(Nc1ccc(-c2nc(-c3ccccc3Cl)co2)cc1)c1ccc(Cl)cc1Cl. The predicted octanol–water partition coefficient (Wildman–Crippen LogP) is 7.22. The molecule has 0 saturated carbocycles. The minimum absolute atomic E-state index is 0.290. The molecule has 1 N–H and O–H groups in total. The summed E-state index contributed by atoms with van der Waals surface area (Å²) < 4.78 is 5.59. The largest absolute Gasteiger partial charge is 0.444 e. The Labute approximate surface area is 182 Å². The number of nitrogens with one attached hydrogen (secondary N) is 1. The third-order valence-corrected chi connectivity index (χ3v) is 5.10. The molecule has 4 nitrogen and oxygen atoms in total. The normalized spacial score (nSPS) is 10.7. The molecule has 0 spiro atoms. The zero-order chi connectivity index (χ0) is 20.4. The number of hydrogen-bond acceptors (Lipinski definition) is 3. The van der Waals surface area contributed by atoms with Gasteiger partial charge in [0.05, 0.1) is 15.6 Å². The number of aromatic nitrogens is 1. The fraction of sp³-hybridized carbons (Fsp3) is 0. The number of rotatable bonds is 4. The van der Waals surface area contributed by atoms with Crippen molar-refractivity contribution in [3.63, 3.8) is 0 Å². The molecule has 1 aromatic heterocycles. The van der Waals surface area contributed by atoms with E-state index in [0.717, 1.165) is 11.1 Å². The Morgan fingerprint density at radius 1 is 0.897 bits per heavy atom. The van der Waals surface area contributed by atoms with Gasteiger partial charge in [-0.2, -0.15) is 0 Å². The summed E-state index contributed by atoms with van der Waals surface area (Å²) in [5.74, 6) is 0.134. The highest BCUT2D eigenvalue weighted by atomic mass is 35.5. The number of nitrogens with zero attached hydrogens (tertiary/aromatic N) is 1. The summed E-state index contributed by atoms with van der Waals surface area (Å²) in [6.07, 6.45) is 1.56. The molecule has 29 heavy (non-hydrogen) atoms. The Bertz CT molecular complexity index is 1190. The van der Waals surface area contributed by atoms with Gasteiger partial charge < -0.3 is 9.73 Å². The van der Waals surface area contributed by atoms with Crippen LogP contribution in [0.15, 0.2) is 77.4 Å². The smallest absolute Gasteiger partial charge is 0.257 e. The molecule has 4 aromatic rings. The van der Waals surface area contributed by atoms with Crippen LogP contribution in [0.3, 0.4) is 0 Å². The Kier molecular flexibility index (Phi) is 5.58. The van der Waals surface area contributed by atoms with Crippen molar-refractivity contribution in [1.82, 2.24) is 4.98 Å². The van der Waals surface area contributed by atoms with Crippen molar-refractivity contribution in [2.45, 2.75) is 0 Å². The monoisotopic (exact) mass is 442 g/mol. The van der Waals surface area contributed by atoms with Crippen molar-refractivity contribution in [3.8, 4) is 22.7 Å². The quantitative estimate of drug-likeness (QED) is 0.362. The van der Waals surface area contributed by atoms with Crippen molar-refractivity contribution in [2.24, 2.45) is 0 Å². The van der Waals surface area contributed by atoms with E-state index in [1.54, 1.807) is 48.7 Å². The molecule has 0 aliphatic carbocycles. The number of carbonyl (C=O) groups excluding carboxylic acids is 1. The van der Waals surface area contributed by atoms with E-state index in [-0.39, 0.29) is 5.91 Å². The lowest BCUT2D eigenvalue weighted by atomic mass is 10.1. The summed E-state index contributed by atoms with van der Waals surface area (Å²) in [6, 6.07) is 19.3. The zero-order valence-electron chi connectivity index (χ0n) is 14.8. The minimum Gasteiger partial charge on any atom is -0.444 e. The van der Waals surface area contributed by atoms with Gasteiger partial charge in [-0.3, -0.25) is 4.79 Å². The van der Waals surface area contributed by atoms with E-state index in [4.69, 9.17) is 39.2 Å².